The smallest absolute Gasteiger partial charge is 0.242 e. The van der Waals surface area contributed by atoms with E-state index in [1.54, 1.807) is 6.20 Å². The van der Waals surface area contributed by atoms with Gasteiger partial charge in [0, 0.05) is 37.7 Å². The Morgan fingerprint density at radius 1 is 1.62 bits per heavy atom. The third-order valence-corrected chi connectivity index (χ3v) is 3.27. The molecule has 0 saturated carbocycles. The van der Waals surface area contributed by atoms with Crippen LogP contribution < -0.4 is 10.6 Å². The van der Waals surface area contributed by atoms with Gasteiger partial charge in [0.15, 0.2) is 0 Å². The second kappa shape index (κ2) is 5.33. The molecule has 1 aromatic heterocycles. The van der Waals surface area contributed by atoms with E-state index in [4.69, 9.17) is 0 Å². The van der Waals surface area contributed by atoms with E-state index in [2.05, 4.69) is 25.1 Å². The van der Waals surface area contributed by atoms with Crippen LogP contribution in [-0.2, 0) is 4.79 Å². The molecule has 2 N–H and O–H groups in total. The first-order valence-corrected chi connectivity index (χ1v) is 6.07. The van der Waals surface area contributed by atoms with E-state index in [1.807, 2.05) is 6.92 Å². The summed E-state index contributed by atoms with van der Waals surface area (Å²) in [7, 11) is 0. The summed E-state index contributed by atoms with van der Waals surface area (Å²) in [5, 5.41) is 10.5. The average Bonchev–Trinajstić information content (AvgIpc) is 2.82. The molecule has 1 aromatic rings. The van der Waals surface area contributed by atoms with Crippen molar-refractivity contribution in [2.24, 2.45) is 0 Å². The van der Waals surface area contributed by atoms with Crippen molar-refractivity contribution in [2.45, 2.75) is 13.0 Å². The summed E-state index contributed by atoms with van der Waals surface area (Å²) in [5.41, 5.74) is 0. The average molecular weight is 241 g/mol. The first-order valence-electron chi connectivity index (χ1n) is 5.30. The summed E-state index contributed by atoms with van der Waals surface area (Å²) in [4.78, 5) is 14.1. The quantitative estimate of drug-likeness (QED) is 0.765. The molecular weight excluding hydrogens is 226 g/mol. The number of carbonyl (C=O) groups is 1. The summed E-state index contributed by atoms with van der Waals surface area (Å²) in [6.07, 6.45) is 1.56. The minimum absolute atomic E-state index is 0.00736. The number of carbonyl (C=O) groups excluding carboxylic acids is 1. The highest BCUT2D eigenvalue weighted by atomic mass is 32.1. The van der Waals surface area contributed by atoms with Crippen molar-refractivity contribution in [3.63, 3.8) is 0 Å². The monoisotopic (exact) mass is 241 g/mol. The van der Waals surface area contributed by atoms with Gasteiger partial charge < -0.3 is 10.6 Å². The van der Waals surface area contributed by atoms with E-state index in [0.29, 0.717) is 5.00 Å². The van der Waals surface area contributed by atoms with E-state index in [-0.39, 0.29) is 11.9 Å². The third-order valence-electron chi connectivity index (χ3n) is 2.69. The Labute approximate surface area is 98.2 Å². The van der Waals surface area contributed by atoms with Gasteiger partial charge >= 0.3 is 0 Å². The fourth-order valence-electron chi connectivity index (χ4n) is 1.68. The largest absolute Gasteiger partial charge is 0.314 e. The number of rotatable bonds is 3. The maximum absolute atomic E-state index is 11.9. The molecule has 1 atom stereocenters. The number of hydrogen-bond donors (Lipinski definition) is 2. The molecule has 1 saturated heterocycles. The van der Waals surface area contributed by atoms with Crippen molar-refractivity contribution < 1.29 is 4.79 Å². The zero-order valence-corrected chi connectivity index (χ0v) is 9.96. The molecular formula is C9H15N5OS. The van der Waals surface area contributed by atoms with Crippen molar-refractivity contribution in [3.8, 4) is 0 Å². The Morgan fingerprint density at radius 3 is 3.00 bits per heavy atom. The van der Waals surface area contributed by atoms with E-state index < -0.39 is 0 Å². The van der Waals surface area contributed by atoms with Crippen LogP contribution in [0.4, 0.5) is 5.00 Å². The third kappa shape index (κ3) is 2.75. The lowest BCUT2D eigenvalue weighted by molar-refractivity contribution is -0.120. The number of amides is 1. The lowest BCUT2D eigenvalue weighted by atomic mass is 10.2. The Kier molecular flexibility index (Phi) is 3.81. The van der Waals surface area contributed by atoms with Gasteiger partial charge in [-0.15, -0.1) is 5.10 Å². The number of nitrogens with one attached hydrogen (secondary N) is 2. The second-order valence-electron chi connectivity index (χ2n) is 3.73. The van der Waals surface area contributed by atoms with Crippen LogP contribution in [0.3, 0.4) is 0 Å². The highest BCUT2D eigenvalue weighted by Gasteiger charge is 2.22. The van der Waals surface area contributed by atoms with Crippen molar-refractivity contribution >= 4 is 22.4 Å². The Morgan fingerprint density at radius 2 is 2.38 bits per heavy atom. The summed E-state index contributed by atoms with van der Waals surface area (Å²) < 4.78 is 3.70. The maximum Gasteiger partial charge on any atom is 0.242 e. The summed E-state index contributed by atoms with van der Waals surface area (Å²) in [6, 6.07) is -0.107. The first kappa shape index (κ1) is 11.4. The van der Waals surface area contributed by atoms with Crippen LogP contribution >= 0.6 is 11.5 Å². The van der Waals surface area contributed by atoms with Gasteiger partial charge in [0.2, 0.25) is 5.91 Å². The fraction of sp³-hybridized carbons (Fsp3) is 0.667. The molecule has 0 bridgehead atoms. The van der Waals surface area contributed by atoms with Crippen LogP contribution in [0.1, 0.15) is 6.92 Å². The molecule has 0 radical (unpaired) electrons. The van der Waals surface area contributed by atoms with Gasteiger partial charge in [-0.2, -0.15) is 0 Å². The van der Waals surface area contributed by atoms with E-state index in [9.17, 15) is 4.79 Å². The maximum atomic E-state index is 11.9. The molecule has 1 aliphatic rings. The zero-order chi connectivity index (χ0) is 11.4. The Bertz CT molecular complexity index is 336. The molecule has 0 spiro atoms. The molecule has 0 aromatic carbocycles. The van der Waals surface area contributed by atoms with Crippen molar-refractivity contribution in [2.75, 3.05) is 31.5 Å². The number of nitrogens with zero attached hydrogens (tertiary/aromatic N) is 3. The van der Waals surface area contributed by atoms with Crippen LogP contribution in [0.25, 0.3) is 0 Å². The van der Waals surface area contributed by atoms with Crippen LogP contribution in [0, 0.1) is 0 Å². The number of aromatic nitrogens is 2. The molecule has 1 fully saturated rings. The minimum atomic E-state index is -0.107. The standard InChI is InChI=1S/C9H15N5OS/c1-7(14-4-2-10-3-5-14)9(15)12-8-6-11-13-16-8/h6-7,10H,2-5H2,1H3,(H,12,15). The molecule has 1 aliphatic heterocycles. The summed E-state index contributed by atoms with van der Waals surface area (Å²) in [6.45, 7) is 5.64. The molecule has 6 nitrogen and oxygen atoms in total. The lowest BCUT2D eigenvalue weighted by Gasteiger charge is -2.31. The Balaban J connectivity index is 1.88. The van der Waals surface area contributed by atoms with Gasteiger partial charge in [-0.05, 0) is 6.92 Å². The van der Waals surface area contributed by atoms with Crippen LogP contribution in [0.5, 0.6) is 0 Å². The SMILES string of the molecule is CC(C(=O)Nc1cnns1)N1CCNCC1. The highest BCUT2D eigenvalue weighted by molar-refractivity contribution is 7.10. The van der Waals surface area contributed by atoms with E-state index in [0.717, 1.165) is 26.2 Å². The van der Waals surface area contributed by atoms with Gasteiger partial charge in [0.05, 0.1) is 12.2 Å². The van der Waals surface area contributed by atoms with E-state index >= 15 is 0 Å². The first-order chi connectivity index (χ1) is 7.77. The van der Waals surface area contributed by atoms with Crippen molar-refractivity contribution in [3.05, 3.63) is 6.20 Å². The fourth-order valence-corrected chi connectivity index (χ4v) is 2.11. The lowest BCUT2D eigenvalue weighted by Crippen LogP contribution is -2.51. The molecule has 2 heterocycles. The molecule has 0 aliphatic carbocycles. The number of piperazine rings is 1. The summed E-state index contributed by atoms with van der Waals surface area (Å²) >= 11 is 1.19. The molecule has 16 heavy (non-hydrogen) atoms. The second-order valence-corrected chi connectivity index (χ2v) is 4.52. The molecule has 1 unspecified atom stereocenters. The highest BCUT2D eigenvalue weighted by Crippen LogP contribution is 2.11. The predicted octanol–water partition coefficient (Wildman–Crippen LogP) is -0.230. The molecule has 7 heteroatoms. The topological polar surface area (TPSA) is 70.2 Å². The van der Waals surface area contributed by atoms with Crippen LogP contribution in [0.2, 0.25) is 0 Å². The van der Waals surface area contributed by atoms with Crippen LogP contribution in [0.15, 0.2) is 6.20 Å². The summed E-state index contributed by atoms with van der Waals surface area (Å²) in [5.74, 6) is 0.00736. The molecule has 2 rings (SSSR count). The van der Waals surface area contributed by atoms with Gasteiger partial charge in [-0.25, -0.2) is 0 Å². The van der Waals surface area contributed by atoms with Gasteiger partial charge in [-0.1, -0.05) is 4.49 Å². The normalized spacial score (nSPS) is 19.3. The molecule has 1 amide bonds. The number of anilines is 1. The minimum Gasteiger partial charge on any atom is -0.314 e. The number of hydrogen-bond acceptors (Lipinski definition) is 6. The zero-order valence-electron chi connectivity index (χ0n) is 9.14. The van der Waals surface area contributed by atoms with Crippen LogP contribution in [-0.4, -0.2) is 52.6 Å². The predicted molar refractivity (Wildman–Crippen MR) is 62.4 cm³/mol. The molecule has 88 valence electrons. The van der Waals surface area contributed by atoms with Crippen molar-refractivity contribution in [1.29, 1.82) is 0 Å². The van der Waals surface area contributed by atoms with E-state index in [1.165, 1.54) is 11.5 Å². The van der Waals surface area contributed by atoms with Gasteiger partial charge in [0.1, 0.15) is 5.00 Å². The van der Waals surface area contributed by atoms with Crippen molar-refractivity contribution in [1.82, 2.24) is 19.8 Å². The van der Waals surface area contributed by atoms with Gasteiger partial charge in [-0.3, -0.25) is 9.69 Å². The Hall–Kier alpha value is -1.05. The van der Waals surface area contributed by atoms with Gasteiger partial charge in [0.25, 0.3) is 0 Å².